The lowest BCUT2D eigenvalue weighted by atomic mass is 9.64. The number of hydrogen-bond acceptors (Lipinski definition) is 1. The predicted octanol–water partition coefficient (Wildman–Crippen LogP) is 4.53. The maximum Gasteiger partial charge on any atom is 0.431 e. The van der Waals surface area contributed by atoms with Crippen molar-refractivity contribution in [3.05, 3.63) is 35.4 Å². The highest BCUT2D eigenvalue weighted by Crippen LogP contribution is 2.57. The van der Waals surface area contributed by atoms with Gasteiger partial charge < -0.3 is 5.32 Å². The number of aryl methyl sites for hydroxylation is 1. The zero-order valence-corrected chi connectivity index (χ0v) is 12.5. The number of alkyl halides is 7. The lowest BCUT2D eigenvalue weighted by Crippen LogP contribution is -2.64. The molecule has 1 nitrogen and oxygen atoms in total. The van der Waals surface area contributed by atoms with Crippen LogP contribution in [0, 0.1) is 5.92 Å². The Kier molecular flexibility index (Phi) is 4.09. The van der Waals surface area contributed by atoms with Crippen molar-refractivity contribution in [3.8, 4) is 0 Å². The molecule has 1 fully saturated rings. The molecule has 3 rings (SSSR count). The SMILES string of the molecule is FC(F)(F)C(F)(C1CCNC2CCc3ccccc3C21)C(F)(F)F. The quantitative estimate of drug-likeness (QED) is 0.730. The van der Waals surface area contributed by atoms with E-state index in [1.54, 1.807) is 18.2 Å². The van der Waals surface area contributed by atoms with Gasteiger partial charge in [0.1, 0.15) is 0 Å². The highest BCUT2D eigenvalue weighted by atomic mass is 19.4. The monoisotopic (exact) mass is 355 g/mol. The van der Waals surface area contributed by atoms with Crippen molar-refractivity contribution >= 4 is 0 Å². The van der Waals surface area contributed by atoms with Crippen molar-refractivity contribution in [2.24, 2.45) is 5.92 Å². The molecule has 1 N–H and O–H groups in total. The first kappa shape index (κ1) is 17.5. The molecule has 1 aliphatic carbocycles. The van der Waals surface area contributed by atoms with Gasteiger partial charge in [0.25, 0.3) is 0 Å². The van der Waals surface area contributed by atoms with Crippen LogP contribution in [0.1, 0.15) is 29.9 Å². The first-order valence-electron chi connectivity index (χ1n) is 7.71. The van der Waals surface area contributed by atoms with Gasteiger partial charge in [-0.1, -0.05) is 24.3 Å². The van der Waals surface area contributed by atoms with Crippen LogP contribution in [0.25, 0.3) is 0 Å². The van der Waals surface area contributed by atoms with E-state index in [1.165, 1.54) is 6.07 Å². The van der Waals surface area contributed by atoms with Gasteiger partial charge in [-0.3, -0.25) is 0 Å². The fourth-order valence-electron chi connectivity index (χ4n) is 4.15. The van der Waals surface area contributed by atoms with Crippen LogP contribution in [-0.4, -0.2) is 30.6 Å². The molecule has 0 spiro atoms. The summed E-state index contributed by atoms with van der Waals surface area (Å²) in [7, 11) is 0. The highest BCUT2D eigenvalue weighted by Gasteiger charge is 2.77. The largest absolute Gasteiger partial charge is 0.431 e. The van der Waals surface area contributed by atoms with Gasteiger partial charge in [-0.25, -0.2) is 4.39 Å². The maximum absolute atomic E-state index is 14.7. The smallest absolute Gasteiger partial charge is 0.313 e. The molecular formula is C16H16F7N. The Hall–Kier alpha value is -1.31. The lowest BCUT2D eigenvalue weighted by molar-refractivity contribution is -0.362. The van der Waals surface area contributed by atoms with E-state index in [4.69, 9.17) is 0 Å². The average molecular weight is 355 g/mol. The van der Waals surface area contributed by atoms with Crippen LogP contribution in [0.4, 0.5) is 30.7 Å². The molecule has 1 heterocycles. The average Bonchev–Trinajstić information content (AvgIpc) is 2.51. The lowest BCUT2D eigenvalue weighted by Gasteiger charge is -2.48. The molecule has 3 atom stereocenters. The predicted molar refractivity (Wildman–Crippen MR) is 73.4 cm³/mol. The molecule has 0 saturated carbocycles. The maximum atomic E-state index is 14.7. The molecule has 0 amide bonds. The van der Waals surface area contributed by atoms with E-state index in [2.05, 4.69) is 5.32 Å². The standard InChI is InChI=1S/C16H16F7N/c17-14(15(18,19)20,16(21,22)23)11-7-8-24-12-6-5-9-3-1-2-4-10(9)13(11)12/h1-4,11-13,24H,5-8H2. The third-order valence-electron chi connectivity index (χ3n) is 5.20. The number of rotatable bonds is 1. The number of hydrogen-bond donors (Lipinski definition) is 1. The first-order valence-corrected chi connectivity index (χ1v) is 7.71. The second-order valence-electron chi connectivity index (χ2n) is 6.43. The Morgan fingerprint density at radius 1 is 0.875 bits per heavy atom. The Labute approximate surface area is 134 Å². The molecule has 3 unspecified atom stereocenters. The minimum Gasteiger partial charge on any atom is -0.313 e. The molecule has 134 valence electrons. The summed E-state index contributed by atoms with van der Waals surface area (Å²) >= 11 is 0. The van der Waals surface area contributed by atoms with E-state index in [0.717, 1.165) is 0 Å². The topological polar surface area (TPSA) is 12.0 Å². The van der Waals surface area contributed by atoms with Gasteiger partial charge in [0.15, 0.2) is 0 Å². The fraction of sp³-hybridized carbons (Fsp3) is 0.625. The van der Waals surface area contributed by atoms with E-state index in [9.17, 15) is 30.7 Å². The second kappa shape index (κ2) is 5.61. The number of halogens is 7. The van der Waals surface area contributed by atoms with Crippen molar-refractivity contribution in [2.45, 2.75) is 49.2 Å². The van der Waals surface area contributed by atoms with E-state index in [1.807, 2.05) is 0 Å². The molecule has 1 aromatic carbocycles. The van der Waals surface area contributed by atoms with Crippen LogP contribution in [0.5, 0.6) is 0 Å². The number of piperidine rings is 1. The molecule has 24 heavy (non-hydrogen) atoms. The van der Waals surface area contributed by atoms with E-state index in [-0.39, 0.29) is 6.54 Å². The summed E-state index contributed by atoms with van der Waals surface area (Å²) in [5.74, 6) is -3.35. The summed E-state index contributed by atoms with van der Waals surface area (Å²) in [6.45, 7) is -0.0637. The number of benzene rings is 1. The fourth-order valence-corrected chi connectivity index (χ4v) is 4.15. The van der Waals surface area contributed by atoms with E-state index < -0.39 is 42.3 Å². The molecule has 0 aromatic heterocycles. The van der Waals surface area contributed by atoms with Gasteiger partial charge in [-0.2, -0.15) is 26.3 Å². The molecule has 0 radical (unpaired) electrons. The van der Waals surface area contributed by atoms with E-state index in [0.29, 0.717) is 24.0 Å². The van der Waals surface area contributed by atoms with Crippen LogP contribution in [0.2, 0.25) is 0 Å². The molecule has 8 heteroatoms. The van der Waals surface area contributed by atoms with Crippen molar-refractivity contribution < 1.29 is 30.7 Å². The zero-order chi connectivity index (χ0) is 17.8. The highest BCUT2D eigenvalue weighted by molar-refractivity contribution is 5.36. The van der Waals surface area contributed by atoms with Crippen LogP contribution >= 0.6 is 0 Å². The Balaban J connectivity index is 2.13. The third kappa shape index (κ3) is 2.50. The number of fused-ring (bicyclic) bond motifs is 3. The van der Waals surface area contributed by atoms with Crippen molar-refractivity contribution in [3.63, 3.8) is 0 Å². The van der Waals surface area contributed by atoms with Crippen LogP contribution in [-0.2, 0) is 6.42 Å². The van der Waals surface area contributed by atoms with Gasteiger partial charge in [-0.05, 0) is 36.9 Å². The van der Waals surface area contributed by atoms with Crippen LogP contribution in [0.3, 0.4) is 0 Å². The zero-order valence-electron chi connectivity index (χ0n) is 12.5. The first-order chi connectivity index (χ1) is 11.1. The summed E-state index contributed by atoms with van der Waals surface area (Å²) in [6.07, 6.45) is -11.6. The van der Waals surface area contributed by atoms with Crippen LogP contribution < -0.4 is 5.32 Å². The summed E-state index contributed by atoms with van der Waals surface area (Å²) < 4.78 is 93.9. The molecule has 1 aromatic rings. The minimum absolute atomic E-state index is 0.0637. The molecule has 0 bridgehead atoms. The van der Waals surface area contributed by atoms with E-state index >= 15 is 0 Å². The van der Waals surface area contributed by atoms with Gasteiger partial charge in [0, 0.05) is 17.9 Å². The minimum atomic E-state index is -6.01. The number of nitrogens with one attached hydrogen (secondary N) is 1. The van der Waals surface area contributed by atoms with Gasteiger partial charge >= 0.3 is 18.0 Å². The molecule has 2 aliphatic rings. The van der Waals surface area contributed by atoms with Crippen molar-refractivity contribution in [1.82, 2.24) is 5.32 Å². The Bertz CT molecular complexity index is 593. The molecule has 1 saturated heterocycles. The van der Waals surface area contributed by atoms with Crippen molar-refractivity contribution in [1.29, 1.82) is 0 Å². The second-order valence-corrected chi connectivity index (χ2v) is 6.43. The van der Waals surface area contributed by atoms with Crippen molar-refractivity contribution in [2.75, 3.05) is 6.54 Å². The molecular weight excluding hydrogens is 339 g/mol. The van der Waals surface area contributed by atoms with Crippen LogP contribution in [0.15, 0.2) is 24.3 Å². The van der Waals surface area contributed by atoms with Gasteiger partial charge in [-0.15, -0.1) is 0 Å². The summed E-state index contributed by atoms with van der Waals surface area (Å²) in [5.41, 5.74) is -4.13. The summed E-state index contributed by atoms with van der Waals surface area (Å²) in [6, 6.07) is 5.85. The third-order valence-corrected chi connectivity index (χ3v) is 5.20. The Morgan fingerprint density at radius 2 is 1.50 bits per heavy atom. The van der Waals surface area contributed by atoms with Gasteiger partial charge in [0.05, 0.1) is 0 Å². The summed E-state index contributed by atoms with van der Waals surface area (Å²) in [5, 5.41) is 2.97. The molecule has 1 aliphatic heterocycles. The Morgan fingerprint density at radius 3 is 2.12 bits per heavy atom. The van der Waals surface area contributed by atoms with Gasteiger partial charge in [0.2, 0.25) is 0 Å². The summed E-state index contributed by atoms with van der Waals surface area (Å²) in [4.78, 5) is 0. The normalized spacial score (nSPS) is 28.2.